The number of morpholine rings is 1. The van der Waals surface area contributed by atoms with Gasteiger partial charge in [0, 0.05) is 57.9 Å². The molecule has 5 fully saturated rings. The highest BCUT2D eigenvalue weighted by atomic mass is 19.3. The Morgan fingerprint density at radius 1 is 1.09 bits per heavy atom. The van der Waals surface area contributed by atoms with Gasteiger partial charge in [-0.2, -0.15) is 10.2 Å². The third-order valence-corrected chi connectivity index (χ3v) is 14.2. The number of aromatic nitrogens is 7. The first-order chi connectivity index (χ1) is 31.5. The number of para-hydroxylation sites is 1. The lowest BCUT2D eigenvalue weighted by Gasteiger charge is -2.48. The van der Waals surface area contributed by atoms with Crippen LogP contribution < -0.4 is 21.2 Å². The van der Waals surface area contributed by atoms with E-state index in [0.29, 0.717) is 59.9 Å². The van der Waals surface area contributed by atoms with E-state index in [4.69, 9.17) is 14.5 Å². The Balaban J connectivity index is 0.700. The van der Waals surface area contributed by atoms with E-state index in [1.54, 1.807) is 33.3 Å². The number of halogens is 2. The van der Waals surface area contributed by atoms with E-state index in [-0.39, 0.29) is 47.2 Å². The van der Waals surface area contributed by atoms with Crippen molar-refractivity contribution in [1.29, 1.82) is 0 Å². The molecule has 65 heavy (non-hydrogen) atoms. The zero-order valence-electron chi connectivity index (χ0n) is 36.7. The Labute approximate surface area is 374 Å². The highest BCUT2D eigenvalue weighted by Crippen LogP contribution is 2.40. The molecule has 2 N–H and O–H groups in total. The van der Waals surface area contributed by atoms with Crippen molar-refractivity contribution < 1.29 is 27.8 Å². The van der Waals surface area contributed by atoms with Gasteiger partial charge in [0.15, 0.2) is 11.3 Å². The molecule has 1 spiro atoms. The lowest BCUT2D eigenvalue weighted by molar-refractivity contribution is -0.124. The minimum Gasteiger partial charge on any atom is -0.371 e. The number of ether oxygens (including phenoxy) is 2. The molecule has 10 rings (SSSR count). The quantitative estimate of drug-likeness (QED) is 0.165. The van der Waals surface area contributed by atoms with Crippen molar-refractivity contribution in [2.75, 3.05) is 56.2 Å². The second-order valence-corrected chi connectivity index (χ2v) is 18.4. The van der Waals surface area contributed by atoms with Crippen molar-refractivity contribution in [2.24, 2.45) is 13.0 Å². The number of carbonyl (C=O) groups excluding carboxylic acids is 2. The van der Waals surface area contributed by atoms with Crippen LogP contribution in [0.25, 0.3) is 16.7 Å². The van der Waals surface area contributed by atoms with E-state index in [1.807, 2.05) is 24.3 Å². The van der Waals surface area contributed by atoms with E-state index in [1.165, 1.54) is 10.7 Å². The van der Waals surface area contributed by atoms with E-state index in [9.17, 15) is 23.2 Å². The van der Waals surface area contributed by atoms with Gasteiger partial charge in [-0.05, 0) is 94.7 Å². The number of anilines is 2. The molecule has 0 radical (unpaired) electrons. The number of rotatable bonds is 10. The summed E-state index contributed by atoms with van der Waals surface area (Å²) in [5, 5.41) is 14.1. The highest BCUT2D eigenvalue weighted by Gasteiger charge is 2.42. The number of allylic oxidation sites excluding steroid dienone is 1. The number of benzene rings is 1. The Hall–Kier alpha value is -5.90. The average molecular weight is 892 g/mol. The van der Waals surface area contributed by atoms with Crippen molar-refractivity contribution in [2.45, 2.75) is 101 Å². The summed E-state index contributed by atoms with van der Waals surface area (Å²) in [6.45, 7) is 8.99. The van der Waals surface area contributed by atoms with Gasteiger partial charge in [0.05, 0.1) is 52.8 Å². The fourth-order valence-electron chi connectivity index (χ4n) is 10.5. The number of alkyl halides is 2. The second-order valence-electron chi connectivity index (χ2n) is 18.4. The Morgan fingerprint density at radius 2 is 1.91 bits per heavy atom. The highest BCUT2D eigenvalue weighted by molar-refractivity contribution is 6.08. The first-order valence-electron chi connectivity index (χ1n) is 23.0. The van der Waals surface area contributed by atoms with Crippen molar-refractivity contribution in [3.8, 4) is 11.8 Å². The lowest BCUT2D eigenvalue weighted by Crippen LogP contribution is -2.56. The predicted octanol–water partition coefficient (Wildman–Crippen LogP) is 5.76. The van der Waals surface area contributed by atoms with Gasteiger partial charge in [0.25, 0.3) is 12.3 Å². The molecule has 1 aromatic carbocycles. The molecule has 1 atom stereocenters. The van der Waals surface area contributed by atoms with Gasteiger partial charge in [-0.1, -0.05) is 24.5 Å². The van der Waals surface area contributed by atoms with Gasteiger partial charge in [0.2, 0.25) is 5.91 Å². The summed E-state index contributed by atoms with van der Waals surface area (Å²) in [6, 6.07) is 6.83. The van der Waals surface area contributed by atoms with Gasteiger partial charge in [-0.3, -0.25) is 23.4 Å². The zero-order valence-corrected chi connectivity index (χ0v) is 36.7. The van der Waals surface area contributed by atoms with E-state index < -0.39 is 24.1 Å². The summed E-state index contributed by atoms with van der Waals surface area (Å²) in [6.07, 6.45) is 11.6. The van der Waals surface area contributed by atoms with Crippen LogP contribution in [0.3, 0.4) is 0 Å². The van der Waals surface area contributed by atoms with Crippen LogP contribution in [0.1, 0.15) is 111 Å². The maximum Gasteiger partial charge on any atom is 0.329 e. The molecular formula is C47H55F2N11O5. The first-order valence-corrected chi connectivity index (χ1v) is 23.0. The number of nitrogens with zero attached hydrogens (tertiary/aromatic N) is 9. The molecule has 16 nitrogen and oxygen atoms in total. The van der Waals surface area contributed by atoms with Crippen LogP contribution in [0.5, 0.6) is 0 Å². The molecule has 0 bridgehead atoms. The van der Waals surface area contributed by atoms with Crippen molar-refractivity contribution in [3.05, 3.63) is 82.4 Å². The summed E-state index contributed by atoms with van der Waals surface area (Å²) >= 11 is 0. The number of hydrogen-bond acceptors (Lipinski definition) is 10. The SMILES string of the molecule is C=C1CCC(n2c(=O)n(C)c3c(C#CCOC4CCN(CC5CCC(n6cc(NC(=O)c7cnn8ccc(N9CCOC%10(CCC%10)C9)nc78)c(C(F)F)n6)CC5)CC4)cccc32)C(=O)N1. The number of likely N-dealkylation sites (tertiary alicyclic amines) is 1. The summed E-state index contributed by atoms with van der Waals surface area (Å²) in [5.74, 6) is 6.79. The van der Waals surface area contributed by atoms with Gasteiger partial charge in [0.1, 0.15) is 24.0 Å². The van der Waals surface area contributed by atoms with Gasteiger partial charge >= 0.3 is 5.69 Å². The minimum atomic E-state index is -2.86. The molecule has 342 valence electrons. The van der Waals surface area contributed by atoms with Crippen molar-refractivity contribution in [1.82, 2.24) is 43.7 Å². The molecule has 2 amide bonds. The molecule has 4 aromatic heterocycles. The predicted molar refractivity (Wildman–Crippen MR) is 239 cm³/mol. The Kier molecular flexibility index (Phi) is 11.8. The largest absolute Gasteiger partial charge is 0.371 e. The van der Waals surface area contributed by atoms with Crippen LogP contribution in [-0.2, 0) is 21.3 Å². The van der Waals surface area contributed by atoms with Crippen LogP contribution in [0.15, 0.2) is 59.9 Å². The molecule has 5 aromatic rings. The summed E-state index contributed by atoms with van der Waals surface area (Å²) < 4.78 is 47.2. The second kappa shape index (κ2) is 17.8. The van der Waals surface area contributed by atoms with E-state index >= 15 is 0 Å². The summed E-state index contributed by atoms with van der Waals surface area (Å²) in [4.78, 5) is 49.2. The van der Waals surface area contributed by atoms with E-state index in [0.717, 1.165) is 89.8 Å². The number of amides is 2. The molecule has 5 aliphatic rings. The molecule has 2 saturated carbocycles. The molecular weight excluding hydrogens is 837 g/mol. The zero-order chi connectivity index (χ0) is 44.8. The van der Waals surface area contributed by atoms with Gasteiger partial charge < -0.3 is 29.9 Å². The number of nitrogens with one attached hydrogen (secondary N) is 2. The van der Waals surface area contributed by atoms with Gasteiger partial charge in [-0.15, -0.1) is 0 Å². The number of carbonyl (C=O) groups is 2. The topological polar surface area (TPSA) is 158 Å². The smallest absolute Gasteiger partial charge is 0.329 e. The van der Waals surface area contributed by atoms with Crippen LogP contribution >= 0.6 is 0 Å². The molecule has 1 unspecified atom stereocenters. The normalized spacial score (nSPS) is 22.9. The van der Waals surface area contributed by atoms with E-state index in [2.05, 4.69) is 49.1 Å². The number of aryl methyl sites for hydroxylation is 1. The monoisotopic (exact) mass is 891 g/mol. The lowest BCUT2D eigenvalue weighted by atomic mass is 9.79. The number of imidazole rings is 1. The fourth-order valence-corrected chi connectivity index (χ4v) is 10.5. The summed E-state index contributed by atoms with van der Waals surface area (Å²) in [7, 11) is 1.71. The molecule has 3 saturated heterocycles. The standard InChI is InChI=1S/C47H55F2N11O5/c1-30-9-14-38(45(62)51-30)60-37-8-3-6-32(41(37)55(2)46(60)63)7-4-24-64-34-15-20-56(21-16-34)27-31-10-12-33(13-11-31)59-28-36(40(54-59)42(48)49)52-44(61)35-26-50-58-22-17-39(53-43(35)58)57-23-25-65-47(29-57)18-5-19-47/h3,6,8,17,22,26,28,31,33-34,38,42H,1,5,9-16,18-21,23-25,27,29H2,2H3,(H,51,62)(H,52,61). The average Bonchev–Trinajstić information content (AvgIpc) is 4.00. The molecule has 7 heterocycles. The summed E-state index contributed by atoms with van der Waals surface area (Å²) in [5.41, 5.74) is 2.47. The Bertz CT molecular complexity index is 2740. The van der Waals surface area contributed by atoms with Gasteiger partial charge in [-0.25, -0.2) is 23.1 Å². The maximum absolute atomic E-state index is 14.4. The van der Waals surface area contributed by atoms with Crippen LogP contribution in [0.4, 0.5) is 20.3 Å². The Morgan fingerprint density at radius 3 is 2.66 bits per heavy atom. The molecule has 2 aliphatic carbocycles. The third kappa shape index (κ3) is 8.57. The fraction of sp³-hybridized carbons (Fsp3) is 0.532. The minimum absolute atomic E-state index is 0.00301. The maximum atomic E-state index is 14.4. The number of hydrogen-bond donors (Lipinski definition) is 2. The number of fused-ring (bicyclic) bond motifs is 2. The van der Waals surface area contributed by atoms with Crippen LogP contribution in [-0.4, -0.2) is 108 Å². The molecule has 18 heteroatoms. The third-order valence-electron chi connectivity index (χ3n) is 14.2. The van der Waals surface area contributed by atoms with Crippen LogP contribution in [0.2, 0.25) is 0 Å². The van der Waals surface area contributed by atoms with Crippen molar-refractivity contribution >= 4 is 40.0 Å². The van der Waals surface area contributed by atoms with Crippen LogP contribution in [0, 0.1) is 17.8 Å². The first kappa shape index (κ1) is 43.0. The van der Waals surface area contributed by atoms with Crippen molar-refractivity contribution in [3.63, 3.8) is 0 Å². The molecule has 3 aliphatic heterocycles. The number of piperidine rings is 2.